The molecule has 0 bridgehead atoms. The first kappa shape index (κ1) is 12.6. The van der Waals surface area contributed by atoms with Gasteiger partial charge in [-0.3, -0.25) is 4.79 Å². The molecule has 6 heteroatoms. The molecule has 5 nitrogen and oxygen atoms in total. The summed E-state index contributed by atoms with van der Waals surface area (Å²) in [7, 11) is 0. The van der Waals surface area contributed by atoms with Crippen molar-refractivity contribution in [3.05, 3.63) is 34.2 Å². The average molecular weight is 241 g/mol. The van der Waals surface area contributed by atoms with Crippen LogP contribution in [0.4, 0.5) is 0 Å². The fraction of sp³-hybridized carbons (Fsp3) is 0.400. The third-order valence-electron chi connectivity index (χ3n) is 2.15. The zero-order valence-corrected chi connectivity index (χ0v) is 9.91. The van der Waals surface area contributed by atoms with E-state index in [9.17, 15) is 4.79 Å². The normalized spacial score (nSPS) is 11.7. The summed E-state index contributed by atoms with van der Waals surface area (Å²) in [4.78, 5) is 11.8. The number of aryl methyl sites for hydroxylation is 1. The Kier molecular flexibility index (Phi) is 4.91. The summed E-state index contributed by atoms with van der Waals surface area (Å²) in [6.45, 7) is 0.645. The van der Waals surface area contributed by atoms with E-state index in [0.29, 0.717) is 6.54 Å². The lowest BCUT2D eigenvalue weighted by Gasteiger charge is -2.06. The van der Waals surface area contributed by atoms with Crippen molar-refractivity contribution in [1.29, 1.82) is 0 Å². The molecule has 0 saturated carbocycles. The predicted molar refractivity (Wildman–Crippen MR) is 66.2 cm³/mol. The Balaban J connectivity index is 2.91. The van der Waals surface area contributed by atoms with Crippen LogP contribution in [0.15, 0.2) is 28.3 Å². The highest BCUT2D eigenvalue weighted by atomic mass is 32.2. The first-order chi connectivity index (χ1) is 7.70. The van der Waals surface area contributed by atoms with Crippen LogP contribution in [0.25, 0.3) is 0 Å². The summed E-state index contributed by atoms with van der Waals surface area (Å²) in [5.41, 5.74) is 5.41. The average Bonchev–Trinajstić information content (AvgIpc) is 2.30. The van der Waals surface area contributed by atoms with Gasteiger partial charge in [-0.05, 0) is 30.6 Å². The van der Waals surface area contributed by atoms with E-state index in [1.54, 1.807) is 34.7 Å². The van der Waals surface area contributed by atoms with Gasteiger partial charge < -0.3 is 15.5 Å². The van der Waals surface area contributed by atoms with Gasteiger partial charge >= 0.3 is 0 Å². The van der Waals surface area contributed by atoms with Crippen molar-refractivity contribution in [3.63, 3.8) is 0 Å². The zero-order valence-electron chi connectivity index (χ0n) is 9.09. The second-order valence-electron chi connectivity index (χ2n) is 3.25. The van der Waals surface area contributed by atoms with E-state index in [2.05, 4.69) is 5.16 Å². The highest BCUT2D eigenvalue weighted by molar-refractivity contribution is 7.98. The summed E-state index contributed by atoms with van der Waals surface area (Å²) < 4.78 is 1.57. The Hall–Kier alpha value is -1.43. The molecule has 88 valence electrons. The number of oxime groups is 1. The minimum atomic E-state index is -0.223. The van der Waals surface area contributed by atoms with E-state index in [-0.39, 0.29) is 17.0 Å². The summed E-state index contributed by atoms with van der Waals surface area (Å²) >= 11 is 1.74. The summed E-state index contributed by atoms with van der Waals surface area (Å²) in [6, 6.07) is 3.26. The molecule has 0 amide bonds. The summed E-state index contributed by atoms with van der Waals surface area (Å²) in [5, 5.41) is 11.4. The molecule has 1 heterocycles. The molecule has 0 aliphatic carbocycles. The Morgan fingerprint density at radius 2 is 2.44 bits per heavy atom. The molecule has 0 aliphatic rings. The van der Waals surface area contributed by atoms with E-state index in [1.165, 1.54) is 0 Å². The first-order valence-electron chi connectivity index (χ1n) is 4.87. The number of nitrogens with two attached hydrogens (primary N) is 1. The van der Waals surface area contributed by atoms with Crippen molar-refractivity contribution < 1.29 is 5.21 Å². The van der Waals surface area contributed by atoms with Crippen molar-refractivity contribution in [2.24, 2.45) is 10.9 Å². The maximum atomic E-state index is 11.8. The predicted octanol–water partition coefficient (Wildman–Crippen LogP) is 0.696. The van der Waals surface area contributed by atoms with E-state index < -0.39 is 0 Å². The van der Waals surface area contributed by atoms with E-state index in [0.717, 1.165) is 12.2 Å². The second-order valence-corrected chi connectivity index (χ2v) is 4.24. The van der Waals surface area contributed by atoms with Gasteiger partial charge in [0.2, 0.25) is 0 Å². The number of nitrogens with zero attached hydrogens (tertiary/aromatic N) is 2. The largest absolute Gasteiger partial charge is 0.409 e. The molecular weight excluding hydrogens is 226 g/mol. The highest BCUT2D eigenvalue weighted by Crippen LogP contribution is 1.98. The molecule has 0 fully saturated rings. The SMILES string of the molecule is CSCCCn1cccc(/C(N)=N/O)c1=O. The third kappa shape index (κ3) is 3.03. The van der Waals surface area contributed by atoms with E-state index >= 15 is 0 Å². The minimum Gasteiger partial charge on any atom is -0.409 e. The molecule has 0 radical (unpaired) electrons. The molecule has 0 aliphatic heterocycles. The van der Waals surface area contributed by atoms with Crippen LogP contribution in [0, 0.1) is 0 Å². The number of hydrogen-bond acceptors (Lipinski definition) is 4. The van der Waals surface area contributed by atoms with Crippen molar-refractivity contribution in [2.75, 3.05) is 12.0 Å². The molecule has 0 unspecified atom stereocenters. The minimum absolute atomic E-state index is 0.149. The number of rotatable bonds is 5. The molecule has 1 rings (SSSR count). The van der Waals surface area contributed by atoms with Gasteiger partial charge in [0.1, 0.15) is 0 Å². The van der Waals surface area contributed by atoms with Crippen LogP contribution in [-0.2, 0) is 6.54 Å². The van der Waals surface area contributed by atoms with Gasteiger partial charge in [0.05, 0.1) is 5.56 Å². The maximum Gasteiger partial charge on any atom is 0.261 e. The molecule has 16 heavy (non-hydrogen) atoms. The number of thioether (sulfide) groups is 1. The first-order valence-corrected chi connectivity index (χ1v) is 6.26. The van der Waals surface area contributed by atoms with Gasteiger partial charge in [-0.1, -0.05) is 5.16 Å². The molecular formula is C10H15N3O2S. The standard InChI is InChI=1S/C10H15N3O2S/c1-16-7-3-6-13-5-2-4-8(10(13)14)9(11)12-15/h2,4-5,15H,3,6-7H2,1H3,(H2,11,12). The third-order valence-corrected chi connectivity index (χ3v) is 2.85. The Bertz CT molecular complexity index is 428. The lowest BCUT2D eigenvalue weighted by molar-refractivity contribution is 0.318. The van der Waals surface area contributed by atoms with Gasteiger partial charge in [0.15, 0.2) is 5.84 Å². The van der Waals surface area contributed by atoms with Crippen LogP contribution in [-0.4, -0.2) is 27.6 Å². The Labute approximate surface area is 98.0 Å². The lowest BCUT2D eigenvalue weighted by Crippen LogP contribution is -2.29. The van der Waals surface area contributed by atoms with Gasteiger partial charge in [-0.15, -0.1) is 0 Å². The topological polar surface area (TPSA) is 80.6 Å². The fourth-order valence-electron chi connectivity index (χ4n) is 1.34. The maximum absolute atomic E-state index is 11.8. The molecule has 0 saturated heterocycles. The van der Waals surface area contributed by atoms with Crippen LogP contribution >= 0.6 is 11.8 Å². The zero-order chi connectivity index (χ0) is 12.0. The smallest absolute Gasteiger partial charge is 0.261 e. The quantitative estimate of drug-likeness (QED) is 0.261. The molecule has 0 aromatic carbocycles. The second kappa shape index (κ2) is 6.22. The lowest BCUT2D eigenvalue weighted by atomic mass is 10.2. The van der Waals surface area contributed by atoms with Crippen LogP contribution in [0.5, 0.6) is 0 Å². The van der Waals surface area contributed by atoms with Crippen LogP contribution < -0.4 is 11.3 Å². The molecule has 3 N–H and O–H groups in total. The fourth-order valence-corrected chi connectivity index (χ4v) is 1.76. The van der Waals surface area contributed by atoms with Gasteiger partial charge in [0, 0.05) is 12.7 Å². The van der Waals surface area contributed by atoms with Crippen molar-refractivity contribution in [1.82, 2.24) is 4.57 Å². The number of hydrogen-bond donors (Lipinski definition) is 2. The van der Waals surface area contributed by atoms with Crippen LogP contribution in [0.3, 0.4) is 0 Å². The molecule has 1 aromatic heterocycles. The molecule has 1 aromatic rings. The number of pyridine rings is 1. The Morgan fingerprint density at radius 3 is 3.06 bits per heavy atom. The van der Waals surface area contributed by atoms with E-state index in [1.807, 2.05) is 6.26 Å². The van der Waals surface area contributed by atoms with Crippen LogP contribution in [0.2, 0.25) is 0 Å². The van der Waals surface area contributed by atoms with Crippen molar-refractivity contribution in [2.45, 2.75) is 13.0 Å². The highest BCUT2D eigenvalue weighted by Gasteiger charge is 2.06. The molecule has 0 spiro atoms. The van der Waals surface area contributed by atoms with Crippen molar-refractivity contribution in [3.8, 4) is 0 Å². The molecule has 0 atom stereocenters. The van der Waals surface area contributed by atoms with Gasteiger partial charge in [-0.2, -0.15) is 11.8 Å². The summed E-state index contributed by atoms with van der Waals surface area (Å²) in [6.07, 6.45) is 4.65. The van der Waals surface area contributed by atoms with Gasteiger partial charge in [0.25, 0.3) is 5.56 Å². The monoisotopic (exact) mass is 241 g/mol. The van der Waals surface area contributed by atoms with Gasteiger partial charge in [-0.25, -0.2) is 0 Å². The number of amidine groups is 1. The summed E-state index contributed by atoms with van der Waals surface area (Å²) in [5.74, 6) is 0.851. The van der Waals surface area contributed by atoms with E-state index in [4.69, 9.17) is 10.9 Å². The Morgan fingerprint density at radius 1 is 1.69 bits per heavy atom. The van der Waals surface area contributed by atoms with Crippen LogP contribution in [0.1, 0.15) is 12.0 Å². The van der Waals surface area contributed by atoms with Crippen molar-refractivity contribution >= 4 is 17.6 Å². The number of aromatic nitrogens is 1.